The normalized spacial score (nSPS) is 26.2. The molecule has 21 heavy (non-hydrogen) atoms. The predicted octanol–water partition coefficient (Wildman–Crippen LogP) is 0.839. The number of aliphatic hydroxyl groups excluding tert-OH is 1. The quantitative estimate of drug-likeness (QED) is 0.868. The summed E-state index contributed by atoms with van der Waals surface area (Å²) in [6, 6.07) is 6.67. The third kappa shape index (κ3) is 3.74. The van der Waals surface area contributed by atoms with Gasteiger partial charge in [-0.15, -0.1) is 0 Å². The molecule has 0 aliphatic carbocycles. The van der Waals surface area contributed by atoms with Gasteiger partial charge in [-0.2, -0.15) is 0 Å². The van der Waals surface area contributed by atoms with Gasteiger partial charge in [-0.25, -0.2) is 0 Å². The van der Waals surface area contributed by atoms with Crippen LogP contribution < -0.4 is 0 Å². The molecule has 1 fully saturated rings. The number of aliphatic hydroxyl groups is 2. The molecule has 0 aromatic heterocycles. The Kier molecular flexibility index (Phi) is 4.88. The lowest BCUT2D eigenvalue weighted by Crippen LogP contribution is -2.62. The molecular weight excluding hydrogens is 292 g/mol. The van der Waals surface area contributed by atoms with Gasteiger partial charge < -0.3 is 20.0 Å². The van der Waals surface area contributed by atoms with Gasteiger partial charge in [0, 0.05) is 23.7 Å². The van der Waals surface area contributed by atoms with Gasteiger partial charge in [0.1, 0.15) is 5.60 Å². The minimum atomic E-state index is -1.30. The van der Waals surface area contributed by atoms with Gasteiger partial charge in [-0.1, -0.05) is 11.6 Å². The van der Waals surface area contributed by atoms with Crippen molar-refractivity contribution < 1.29 is 15.0 Å². The first-order valence-corrected chi connectivity index (χ1v) is 7.29. The number of likely N-dealkylation sites (tertiary alicyclic amines) is 1. The number of carbonyl (C=O) groups is 1. The van der Waals surface area contributed by atoms with Gasteiger partial charge in [0.15, 0.2) is 0 Å². The number of halogens is 1. The molecule has 6 heteroatoms. The molecule has 2 rings (SSSR count). The summed E-state index contributed by atoms with van der Waals surface area (Å²) in [4.78, 5) is 15.9. The van der Waals surface area contributed by atoms with Crippen molar-refractivity contribution in [2.75, 3.05) is 33.7 Å². The van der Waals surface area contributed by atoms with Crippen molar-refractivity contribution in [3.63, 3.8) is 0 Å². The van der Waals surface area contributed by atoms with E-state index in [0.29, 0.717) is 30.1 Å². The topological polar surface area (TPSA) is 64.0 Å². The van der Waals surface area contributed by atoms with Gasteiger partial charge >= 0.3 is 0 Å². The number of likely N-dealkylation sites (N-methyl/N-ethyl adjacent to an activating group) is 1. The maximum absolute atomic E-state index is 12.5. The molecule has 1 aliphatic rings. The number of hydrogen-bond acceptors (Lipinski definition) is 4. The van der Waals surface area contributed by atoms with Crippen molar-refractivity contribution in [3.05, 3.63) is 34.9 Å². The Morgan fingerprint density at radius 3 is 2.62 bits per heavy atom. The standard InChI is InChI=1S/C15H21ClN2O3/c1-17(2)9-15(21)10-18(8-7-13(15)19)14(20)11-3-5-12(16)6-4-11/h3-6,13,19,21H,7-10H2,1-2H3/t13-,15+/m1/s1. The van der Waals surface area contributed by atoms with Gasteiger partial charge in [0.05, 0.1) is 12.6 Å². The van der Waals surface area contributed by atoms with E-state index in [1.165, 1.54) is 0 Å². The van der Waals surface area contributed by atoms with Crippen LogP contribution in [0.2, 0.25) is 5.02 Å². The van der Waals surface area contributed by atoms with Gasteiger partial charge in [0.25, 0.3) is 5.91 Å². The Labute approximate surface area is 129 Å². The van der Waals surface area contributed by atoms with E-state index < -0.39 is 11.7 Å². The molecule has 1 amide bonds. The molecular formula is C15H21ClN2O3. The molecule has 0 radical (unpaired) electrons. The molecule has 2 N–H and O–H groups in total. The molecule has 2 atom stereocenters. The molecule has 0 spiro atoms. The van der Waals surface area contributed by atoms with E-state index in [-0.39, 0.29) is 12.5 Å². The lowest BCUT2D eigenvalue weighted by atomic mass is 9.88. The van der Waals surface area contributed by atoms with Gasteiger partial charge in [0.2, 0.25) is 0 Å². The summed E-state index contributed by atoms with van der Waals surface area (Å²) in [5.41, 5.74) is -0.771. The van der Waals surface area contributed by atoms with E-state index in [1.807, 2.05) is 14.1 Å². The zero-order valence-corrected chi connectivity index (χ0v) is 13.0. The fourth-order valence-corrected chi connectivity index (χ4v) is 2.84. The maximum Gasteiger partial charge on any atom is 0.253 e. The minimum Gasteiger partial charge on any atom is -0.390 e. The summed E-state index contributed by atoms with van der Waals surface area (Å²) < 4.78 is 0. The molecule has 116 valence electrons. The fraction of sp³-hybridized carbons (Fsp3) is 0.533. The van der Waals surface area contributed by atoms with E-state index >= 15 is 0 Å². The smallest absolute Gasteiger partial charge is 0.253 e. The van der Waals surface area contributed by atoms with Crippen LogP contribution in [0.4, 0.5) is 0 Å². The van der Waals surface area contributed by atoms with E-state index in [4.69, 9.17) is 11.6 Å². The lowest BCUT2D eigenvalue weighted by Gasteiger charge is -2.43. The highest BCUT2D eigenvalue weighted by molar-refractivity contribution is 6.30. The van der Waals surface area contributed by atoms with Crippen molar-refractivity contribution in [1.29, 1.82) is 0 Å². The molecule has 1 aromatic carbocycles. The number of benzene rings is 1. The van der Waals surface area contributed by atoms with Gasteiger partial charge in [-0.3, -0.25) is 4.79 Å². The Balaban J connectivity index is 2.13. The van der Waals surface area contributed by atoms with Crippen LogP contribution in [0.15, 0.2) is 24.3 Å². The largest absolute Gasteiger partial charge is 0.390 e. The highest BCUT2D eigenvalue weighted by Crippen LogP contribution is 2.24. The second kappa shape index (κ2) is 6.32. The summed E-state index contributed by atoms with van der Waals surface area (Å²) in [6.07, 6.45) is -0.460. The number of piperidine rings is 1. The number of rotatable bonds is 3. The van der Waals surface area contributed by atoms with Crippen molar-refractivity contribution in [2.45, 2.75) is 18.1 Å². The first-order valence-electron chi connectivity index (χ1n) is 6.92. The molecule has 0 bridgehead atoms. The minimum absolute atomic E-state index is 0.119. The second-order valence-corrected chi connectivity index (χ2v) is 6.32. The molecule has 1 aliphatic heterocycles. The highest BCUT2D eigenvalue weighted by Gasteiger charge is 2.42. The third-order valence-corrected chi connectivity index (χ3v) is 3.98. The zero-order valence-electron chi connectivity index (χ0n) is 12.3. The molecule has 1 saturated heterocycles. The summed E-state index contributed by atoms with van der Waals surface area (Å²) in [5.74, 6) is -0.157. The summed E-state index contributed by atoms with van der Waals surface area (Å²) in [6.45, 7) is 0.852. The molecule has 5 nitrogen and oxygen atoms in total. The van der Waals surface area contributed by atoms with Crippen LogP contribution >= 0.6 is 11.6 Å². The van der Waals surface area contributed by atoms with E-state index in [0.717, 1.165) is 0 Å². The van der Waals surface area contributed by atoms with Crippen molar-refractivity contribution >= 4 is 17.5 Å². The first kappa shape index (κ1) is 16.2. The number of nitrogens with zero attached hydrogens (tertiary/aromatic N) is 2. The SMILES string of the molecule is CN(C)C[C@]1(O)CN(C(=O)c2ccc(Cl)cc2)CC[C@H]1O. The number of β-amino-alcohol motifs (C(OH)–C–C–N with tert-alkyl or cyclic N) is 1. The summed E-state index contributed by atoms with van der Waals surface area (Å²) in [5, 5.41) is 21.2. The molecule has 1 heterocycles. The lowest BCUT2D eigenvalue weighted by molar-refractivity contribution is -0.122. The van der Waals surface area contributed by atoms with E-state index in [9.17, 15) is 15.0 Å². The monoisotopic (exact) mass is 312 g/mol. The number of hydrogen-bond donors (Lipinski definition) is 2. The Hall–Kier alpha value is -1.14. The molecule has 0 unspecified atom stereocenters. The fourth-order valence-electron chi connectivity index (χ4n) is 2.71. The highest BCUT2D eigenvalue weighted by atomic mass is 35.5. The Morgan fingerprint density at radius 2 is 2.05 bits per heavy atom. The number of carbonyl (C=O) groups excluding carboxylic acids is 1. The predicted molar refractivity (Wildman–Crippen MR) is 81.5 cm³/mol. The Bertz CT molecular complexity index is 506. The second-order valence-electron chi connectivity index (χ2n) is 5.88. The van der Waals surface area contributed by atoms with Crippen LogP contribution in [-0.2, 0) is 0 Å². The van der Waals surface area contributed by atoms with E-state index in [1.54, 1.807) is 34.1 Å². The van der Waals surface area contributed by atoms with Crippen molar-refractivity contribution in [2.24, 2.45) is 0 Å². The van der Waals surface area contributed by atoms with Crippen molar-refractivity contribution in [1.82, 2.24) is 9.80 Å². The molecule has 1 aromatic rings. The van der Waals surface area contributed by atoms with Crippen molar-refractivity contribution in [3.8, 4) is 0 Å². The molecule has 0 saturated carbocycles. The van der Waals surface area contributed by atoms with Crippen LogP contribution in [-0.4, -0.2) is 71.4 Å². The average Bonchev–Trinajstić information content (AvgIpc) is 2.41. The van der Waals surface area contributed by atoms with E-state index in [2.05, 4.69) is 0 Å². The van der Waals surface area contributed by atoms with Crippen LogP contribution in [0.1, 0.15) is 16.8 Å². The number of amides is 1. The Morgan fingerprint density at radius 1 is 1.43 bits per heavy atom. The van der Waals surface area contributed by atoms with Crippen LogP contribution in [0, 0.1) is 0 Å². The maximum atomic E-state index is 12.5. The summed E-state index contributed by atoms with van der Waals surface area (Å²) >= 11 is 5.82. The van der Waals surface area contributed by atoms with Crippen LogP contribution in [0.5, 0.6) is 0 Å². The average molecular weight is 313 g/mol. The van der Waals surface area contributed by atoms with Gasteiger partial charge in [-0.05, 0) is 44.8 Å². The summed E-state index contributed by atoms with van der Waals surface area (Å²) in [7, 11) is 3.65. The van der Waals surface area contributed by atoms with Crippen LogP contribution in [0.25, 0.3) is 0 Å². The first-order chi connectivity index (χ1) is 9.82. The van der Waals surface area contributed by atoms with Crippen LogP contribution in [0.3, 0.4) is 0 Å². The zero-order chi connectivity index (χ0) is 15.6. The third-order valence-electron chi connectivity index (χ3n) is 3.73.